The fraction of sp³-hybridized carbons (Fsp3) is 0.235. The standard InChI is InChI=1S/C17H15F2N3OS/c1-4-13-20-9(3)14-8(2)15(24-17(14)22-13)16(23)21-10-5-6-11(18)12(19)7-10/h5-7H,4H2,1-3H3,(H,21,23). The first-order chi connectivity index (χ1) is 11.4. The molecule has 0 saturated carbocycles. The van der Waals surface area contributed by atoms with Gasteiger partial charge in [0.15, 0.2) is 11.6 Å². The van der Waals surface area contributed by atoms with Gasteiger partial charge in [-0.05, 0) is 31.5 Å². The smallest absolute Gasteiger partial charge is 0.266 e. The Labute approximate surface area is 141 Å². The number of carbonyl (C=O) groups is 1. The van der Waals surface area contributed by atoms with Gasteiger partial charge in [-0.15, -0.1) is 11.3 Å². The van der Waals surface area contributed by atoms with Crippen molar-refractivity contribution in [3.8, 4) is 0 Å². The van der Waals surface area contributed by atoms with Crippen molar-refractivity contribution in [3.63, 3.8) is 0 Å². The number of halogens is 2. The second kappa shape index (κ2) is 6.24. The number of aromatic nitrogens is 2. The molecule has 3 aromatic rings. The number of nitrogens with one attached hydrogen (secondary N) is 1. The molecule has 0 aliphatic carbocycles. The lowest BCUT2D eigenvalue weighted by atomic mass is 10.1. The summed E-state index contributed by atoms with van der Waals surface area (Å²) in [6, 6.07) is 3.25. The van der Waals surface area contributed by atoms with E-state index in [-0.39, 0.29) is 11.6 Å². The summed E-state index contributed by atoms with van der Waals surface area (Å²) in [6.07, 6.45) is 0.712. The first-order valence-corrected chi connectivity index (χ1v) is 8.25. The van der Waals surface area contributed by atoms with E-state index in [0.717, 1.165) is 39.4 Å². The van der Waals surface area contributed by atoms with Gasteiger partial charge in [0.1, 0.15) is 10.7 Å². The molecule has 3 rings (SSSR count). The number of fused-ring (bicyclic) bond motifs is 1. The van der Waals surface area contributed by atoms with E-state index in [2.05, 4.69) is 15.3 Å². The van der Waals surface area contributed by atoms with Gasteiger partial charge in [-0.2, -0.15) is 0 Å². The average molecular weight is 347 g/mol. The minimum Gasteiger partial charge on any atom is -0.321 e. The van der Waals surface area contributed by atoms with E-state index in [1.54, 1.807) is 0 Å². The number of carbonyl (C=O) groups excluding carboxylic acids is 1. The molecule has 24 heavy (non-hydrogen) atoms. The molecule has 2 aromatic heterocycles. The van der Waals surface area contributed by atoms with Gasteiger partial charge in [-0.25, -0.2) is 18.7 Å². The van der Waals surface area contributed by atoms with Crippen LogP contribution in [-0.4, -0.2) is 15.9 Å². The van der Waals surface area contributed by atoms with Crippen molar-refractivity contribution < 1.29 is 13.6 Å². The van der Waals surface area contributed by atoms with Crippen LogP contribution in [0.4, 0.5) is 14.5 Å². The monoisotopic (exact) mass is 347 g/mol. The largest absolute Gasteiger partial charge is 0.321 e. The average Bonchev–Trinajstić information content (AvgIpc) is 2.88. The van der Waals surface area contributed by atoms with Gasteiger partial charge in [-0.3, -0.25) is 4.79 Å². The van der Waals surface area contributed by atoms with E-state index in [1.807, 2.05) is 20.8 Å². The Morgan fingerprint density at radius 1 is 1.21 bits per heavy atom. The van der Waals surface area contributed by atoms with Crippen LogP contribution < -0.4 is 5.32 Å². The summed E-state index contributed by atoms with van der Waals surface area (Å²) in [5.74, 6) is -1.60. The molecule has 1 N–H and O–H groups in total. The molecule has 0 bridgehead atoms. The number of hydrogen-bond donors (Lipinski definition) is 1. The summed E-state index contributed by atoms with van der Waals surface area (Å²) in [7, 11) is 0. The van der Waals surface area contributed by atoms with E-state index >= 15 is 0 Å². The number of rotatable bonds is 3. The van der Waals surface area contributed by atoms with Crippen LogP contribution >= 0.6 is 11.3 Å². The van der Waals surface area contributed by atoms with E-state index in [1.165, 1.54) is 17.4 Å². The molecule has 0 atom stereocenters. The summed E-state index contributed by atoms with van der Waals surface area (Å²) in [6.45, 7) is 5.69. The van der Waals surface area contributed by atoms with Crippen LogP contribution in [0.5, 0.6) is 0 Å². The molecule has 1 amide bonds. The SMILES string of the molecule is CCc1nc(C)c2c(C)c(C(=O)Nc3ccc(F)c(F)c3)sc2n1. The summed E-state index contributed by atoms with van der Waals surface area (Å²) in [5, 5.41) is 3.46. The van der Waals surface area contributed by atoms with Crippen molar-refractivity contribution in [2.24, 2.45) is 0 Å². The Hall–Kier alpha value is -2.41. The van der Waals surface area contributed by atoms with Gasteiger partial charge in [-0.1, -0.05) is 6.92 Å². The Morgan fingerprint density at radius 2 is 1.96 bits per heavy atom. The maximum Gasteiger partial charge on any atom is 0.266 e. The maximum absolute atomic E-state index is 13.3. The Bertz CT molecular complexity index is 953. The maximum atomic E-state index is 13.3. The third kappa shape index (κ3) is 2.87. The quantitative estimate of drug-likeness (QED) is 0.764. The summed E-state index contributed by atoms with van der Waals surface area (Å²) < 4.78 is 26.3. The molecule has 7 heteroatoms. The van der Waals surface area contributed by atoms with Crippen molar-refractivity contribution in [3.05, 3.63) is 51.8 Å². The highest BCUT2D eigenvalue weighted by Crippen LogP contribution is 2.32. The van der Waals surface area contributed by atoms with Gasteiger partial charge < -0.3 is 5.32 Å². The molecule has 0 aliphatic heterocycles. The fourth-order valence-corrected chi connectivity index (χ4v) is 3.68. The van der Waals surface area contributed by atoms with Crippen LogP contribution in [0.3, 0.4) is 0 Å². The molecular weight excluding hydrogens is 332 g/mol. The number of hydrogen-bond acceptors (Lipinski definition) is 4. The molecule has 0 aliphatic rings. The van der Waals surface area contributed by atoms with Crippen LogP contribution in [0.2, 0.25) is 0 Å². The predicted octanol–water partition coefficient (Wildman–Crippen LogP) is 4.40. The molecule has 124 valence electrons. The van der Waals surface area contributed by atoms with Crippen LogP contribution in [0.15, 0.2) is 18.2 Å². The number of anilines is 1. The van der Waals surface area contributed by atoms with E-state index in [9.17, 15) is 13.6 Å². The van der Waals surface area contributed by atoms with Crippen molar-refractivity contribution in [2.75, 3.05) is 5.32 Å². The highest BCUT2D eigenvalue weighted by Gasteiger charge is 2.19. The Balaban J connectivity index is 1.99. The molecule has 2 heterocycles. The van der Waals surface area contributed by atoms with Gasteiger partial charge in [0, 0.05) is 29.3 Å². The van der Waals surface area contributed by atoms with E-state index in [4.69, 9.17) is 0 Å². The summed E-state index contributed by atoms with van der Waals surface area (Å²) in [5.41, 5.74) is 1.82. The van der Waals surface area contributed by atoms with Crippen LogP contribution in [0.1, 0.15) is 33.7 Å². The number of aryl methyl sites for hydroxylation is 3. The topological polar surface area (TPSA) is 54.9 Å². The normalized spacial score (nSPS) is 11.0. The van der Waals surface area contributed by atoms with Gasteiger partial charge in [0.25, 0.3) is 5.91 Å². The molecule has 0 unspecified atom stereocenters. The number of thiophene rings is 1. The Morgan fingerprint density at radius 3 is 2.62 bits per heavy atom. The van der Waals surface area contributed by atoms with Gasteiger partial charge in [0.05, 0.1) is 4.88 Å². The first kappa shape index (κ1) is 16.4. The highest BCUT2D eigenvalue weighted by molar-refractivity contribution is 7.20. The van der Waals surface area contributed by atoms with Crippen molar-refractivity contribution >= 4 is 33.1 Å². The highest BCUT2D eigenvalue weighted by atomic mass is 32.1. The Kier molecular flexibility index (Phi) is 4.28. The molecule has 0 fully saturated rings. The van der Waals surface area contributed by atoms with E-state index in [0.29, 0.717) is 11.3 Å². The third-order valence-electron chi connectivity index (χ3n) is 3.72. The predicted molar refractivity (Wildman–Crippen MR) is 90.6 cm³/mol. The lowest BCUT2D eigenvalue weighted by Crippen LogP contribution is -2.11. The fourth-order valence-electron chi connectivity index (χ4n) is 2.53. The second-order valence-corrected chi connectivity index (χ2v) is 6.40. The van der Waals surface area contributed by atoms with Crippen molar-refractivity contribution in [1.82, 2.24) is 9.97 Å². The molecule has 0 spiro atoms. The zero-order valence-corrected chi connectivity index (χ0v) is 14.2. The molecule has 0 radical (unpaired) electrons. The van der Waals surface area contributed by atoms with Crippen LogP contribution in [0, 0.1) is 25.5 Å². The van der Waals surface area contributed by atoms with Crippen molar-refractivity contribution in [2.45, 2.75) is 27.2 Å². The van der Waals surface area contributed by atoms with Crippen LogP contribution in [-0.2, 0) is 6.42 Å². The summed E-state index contributed by atoms with van der Waals surface area (Å²) >= 11 is 1.27. The van der Waals surface area contributed by atoms with Crippen molar-refractivity contribution in [1.29, 1.82) is 0 Å². The molecular formula is C17H15F2N3OS. The molecule has 0 saturated heterocycles. The molecule has 1 aromatic carbocycles. The number of amides is 1. The third-order valence-corrected chi connectivity index (χ3v) is 4.90. The zero-order valence-electron chi connectivity index (χ0n) is 13.4. The number of benzene rings is 1. The first-order valence-electron chi connectivity index (χ1n) is 7.43. The minimum absolute atomic E-state index is 0.202. The van der Waals surface area contributed by atoms with Crippen LogP contribution in [0.25, 0.3) is 10.2 Å². The molecule has 4 nitrogen and oxygen atoms in total. The van der Waals surface area contributed by atoms with E-state index < -0.39 is 11.6 Å². The zero-order chi connectivity index (χ0) is 17.4. The lowest BCUT2D eigenvalue weighted by molar-refractivity contribution is 0.103. The second-order valence-electron chi connectivity index (χ2n) is 5.40. The lowest BCUT2D eigenvalue weighted by Gasteiger charge is -2.05. The van der Waals surface area contributed by atoms with Gasteiger partial charge in [0.2, 0.25) is 0 Å². The number of nitrogens with zero attached hydrogens (tertiary/aromatic N) is 2. The van der Waals surface area contributed by atoms with Gasteiger partial charge >= 0.3 is 0 Å². The summed E-state index contributed by atoms with van der Waals surface area (Å²) in [4.78, 5) is 22.6. The minimum atomic E-state index is -1.00.